The van der Waals surface area contributed by atoms with Gasteiger partial charge >= 0.3 is 5.97 Å². The zero-order valence-corrected chi connectivity index (χ0v) is 10.8. The first-order chi connectivity index (χ1) is 9.15. The molecule has 0 aliphatic heterocycles. The van der Waals surface area contributed by atoms with Crippen molar-refractivity contribution in [1.29, 1.82) is 0 Å². The van der Waals surface area contributed by atoms with E-state index >= 15 is 0 Å². The molecular formula is C12H12N2O4S. The van der Waals surface area contributed by atoms with Gasteiger partial charge in [0, 0.05) is 11.8 Å². The summed E-state index contributed by atoms with van der Waals surface area (Å²) in [6.45, 7) is 0.184. The molecule has 19 heavy (non-hydrogen) atoms. The number of furan rings is 1. The number of aryl methyl sites for hydroxylation is 1. The van der Waals surface area contributed by atoms with Gasteiger partial charge in [-0.1, -0.05) is 0 Å². The summed E-state index contributed by atoms with van der Waals surface area (Å²) >= 11 is 1.49. The highest BCUT2D eigenvalue weighted by Crippen LogP contribution is 2.08. The van der Waals surface area contributed by atoms with Crippen LogP contribution in [0.2, 0.25) is 0 Å². The van der Waals surface area contributed by atoms with E-state index < -0.39 is 5.97 Å². The summed E-state index contributed by atoms with van der Waals surface area (Å²) in [6.07, 6.45) is 0.935. The number of amides is 1. The van der Waals surface area contributed by atoms with Crippen LogP contribution in [0.3, 0.4) is 0 Å². The number of aromatic carboxylic acids is 1. The molecule has 2 aromatic heterocycles. The molecular weight excluding hydrogens is 268 g/mol. The van der Waals surface area contributed by atoms with E-state index in [9.17, 15) is 9.59 Å². The monoisotopic (exact) mass is 280 g/mol. The van der Waals surface area contributed by atoms with Crippen LogP contribution in [-0.2, 0) is 17.8 Å². The van der Waals surface area contributed by atoms with Gasteiger partial charge in [0.15, 0.2) is 0 Å². The number of nitrogens with zero attached hydrogens (tertiary/aromatic N) is 1. The topological polar surface area (TPSA) is 92.4 Å². The third kappa shape index (κ3) is 3.92. The minimum atomic E-state index is -1.12. The van der Waals surface area contributed by atoms with Crippen LogP contribution in [0.25, 0.3) is 0 Å². The quantitative estimate of drug-likeness (QED) is 0.840. The highest BCUT2D eigenvalue weighted by molar-refractivity contribution is 7.07. The molecule has 1 amide bonds. The molecule has 0 atom stereocenters. The molecule has 0 aliphatic rings. The molecule has 0 saturated carbocycles. The first kappa shape index (κ1) is 13.3. The molecule has 0 saturated heterocycles. The Morgan fingerprint density at radius 2 is 2.26 bits per heavy atom. The van der Waals surface area contributed by atoms with Gasteiger partial charge < -0.3 is 14.8 Å². The number of rotatable bonds is 6. The normalized spacial score (nSPS) is 10.3. The Morgan fingerprint density at radius 3 is 2.89 bits per heavy atom. The van der Waals surface area contributed by atoms with E-state index in [4.69, 9.17) is 9.52 Å². The first-order valence-corrected chi connectivity index (χ1v) is 6.55. The third-order valence-electron chi connectivity index (χ3n) is 2.42. The Hall–Kier alpha value is -2.15. The molecule has 0 spiro atoms. The fourth-order valence-corrected chi connectivity index (χ4v) is 2.06. The van der Waals surface area contributed by atoms with Crippen molar-refractivity contribution in [3.63, 3.8) is 0 Å². The van der Waals surface area contributed by atoms with Gasteiger partial charge in [0.2, 0.25) is 11.7 Å². The fraction of sp³-hybridized carbons (Fsp3) is 0.250. The van der Waals surface area contributed by atoms with Gasteiger partial charge in [-0.2, -0.15) is 0 Å². The Kier molecular flexibility index (Phi) is 4.30. The molecule has 0 fully saturated rings. The van der Waals surface area contributed by atoms with Gasteiger partial charge in [-0.15, -0.1) is 11.3 Å². The van der Waals surface area contributed by atoms with Gasteiger partial charge in [-0.3, -0.25) is 4.79 Å². The van der Waals surface area contributed by atoms with Crippen molar-refractivity contribution >= 4 is 23.2 Å². The number of carbonyl (C=O) groups is 2. The number of nitrogens with one attached hydrogen (secondary N) is 1. The van der Waals surface area contributed by atoms with Crippen molar-refractivity contribution < 1.29 is 19.1 Å². The van der Waals surface area contributed by atoms with Crippen LogP contribution in [0.4, 0.5) is 0 Å². The number of thiazole rings is 1. The third-order valence-corrected chi connectivity index (χ3v) is 3.06. The molecule has 2 heterocycles. The Labute approximate surface area is 113 Å². The van der Waals surface area contributed by atoms with Crippen molar-refractivity contribution in [1.82, 2.24) is 10.3 Å². The van der Waals surface area contributed by atoms with E-state index in [1.54, 1.807) is 5.51 Å². The Morgan fingerprint density at radius 1 is 1.42 bits per heavy atom. The maximum Gasteiger partial charge on any atom is 0.371 e. The SMILES string of the molecule is O=C(CCc1cscn1)NCc1ccc(C(=O)O)o1. The maximum atomic E-state index is 11.6. The molecule has 2 N–H and O–H groups in total. The maximum absolute atomic E-state index is 11.6. The summed E-state index contributed by atoms with van der Waals surface area (Å²) in [5.41, 5.74) is 2.62. The minimum Gasteiger partial charge on any atom is -0.475 e. The summed E-state index contributed by atoms with van der Waals surface area (Å²) in [5, 5.41) is 13.2. The smallest absolute Gasteiger partial charge is 0.371 e. The summed E-state index contributed by atoms with van der Waals surface area (Å²) in [4.78, 5) is 26.2. The molecule has 0 radical (unpaired) electrons. The van der Waals surface area contributed by atoms with E-state index in [1.807, 2.05) is 5.38 Å². The van der Waals surface area contributed by atoms with Crippen LogP contribution < -0.4 is 5.32 Å². The molecule has 0 aliphatic carbocycles. The van der Waals surface area contributed by atoms with Gasteiger partial charge in [0.1, 0.15) is 5.76 Å². The minimum absolute atomic E-state index is 0.124. The predicted octanol–water partition coefficient (Wildman–Crippen LogP) is 1.68. The zero-order valence-electron chi connectivity index (χ0n) is 9.96. The highest BCUT2D eigenvalue weighted by atomic mass is 32.1. The number of carbonyl (C=O) groups excluding carboxylic acids is 1. The summed E-state index contributed by atoms with van der Waals surface area (Å²) in [7, 11) is 0. The molecule has 100 valence electrons. The van der Waals surface area contributed by atoms with Crippen molar-refractivity contribution in [3.05, 3.63) is 40.2 Å². The number of carboxylic acids is 1. The zero-order chi connectivity index (χ0) is 13.7. The molecule has 7 heteroatoms. The standard InChI is InChI=1S/C12H12N2O4S/c15-11(4-1-8-6-19-7-14-8)13-5-9-2-3-10(18-9)12(16)17/h2-3,6-7H,1,4-5H2,(H,13,15)(H,16,17). The van der Waals surface area contributed by atoms with Gasteiger partial charge in [0.25, 0.3) is 0 Å². The second-order valence-corrected chi connectivity index (χ2v) is 4.55. The lowest BCUT2D eigenvalue weighted by Gasteiger charge is -2.02. The summed E-state index contributed by atoms with van der Waals surface area (Å²) in [6, 6.07) is 2.89. The predicted molar refractivity (Wildman–Crippen MR) is 67.9 cm³/mol. The van der Waals surface area contributed by atoms with Crippen LogP contribution in [0.15, 0.2) is 27.4 Å². The van der Waals surface area contributed by atoms with Crippen molar-refractivity contribution in [2.75, 3.05) is 0 Å². The van der Waals surface area contributed by atoms with Crippen LogP contribution in [0.5, 0.6) is 0 Å². The second kappa shape index (κ2) is 6.14. The fourth-order valence-electron chi connectivity index (χ4n) is 1.46. The van der Waals surface area contributed by atoms with Crippen LogP contribution in [-0.4, -0.2) is 22.0 Å². The number of hydrogen-bond donors (Lipinski definition) is 2. The molecule has 2 rings (SSSR count). The molecule has 6 nitrogen and oxygen atoms in total. The van der Waals surface area contributed by atoms with Crippen molar-refractivity contribution in [3.8, 4) is 0 Å². The largest absolute Gasteiger partial charge is 0.475 e. The number of aromatic nitrogens is 1. The lowest BCUT2D eigenvalue weighted by Crippen LogP contribution is -2.22. The van der Waals surface area contributed by atoms with Crippen molar-refractivity contribution in [2.45, 2.75) is 19.4 Å². The van der Waals surface area contributed by atoms with E-state index in [0.29, 0.717) is 18.6 Å². The molecule has 0 aromatic carbocycles. The molecule has 0 unspecified atom stereocenters. The molecule has 2 aromatic rings. The highest BCUT2D eigenvalue weighted by Gasteiger charge is 2.09. The lowest BCUT2D eigenvalue weighted by molar-refractivity contribution is -0.121. The second-order valence-electron chi connectivity index (χ2n) is 3.83. The summed E-state index contributed by atoms with van der Waals surface area (Å²) < 4.78 is 5.02. The number of hydrogen-bond acceptors (Lipinski definition) is 5. The summed E-state index contributed by atoms with van der Waals surface area (Å²) in [5.74, 6) is -0.964. The van der Waals surface area contributed by atoms with Crippen LogP contribution in [0, 0.1) is 0 Å². The van der Waals surface area contributed by atoms with Gasteiger partial charge in [0.05, 0.1) is 17.7 Å². The van der Waals surface area contributed by atoms with Crippen LogP contribution in [0.1, 0.15) is 28.4 Å². The lowest BCUT2D eigenvalue weighted by atomic mass is 10.2. The van der Waals surface area contributed by atoms with E-state index in [1.165, 1.54) is 23.5 Å². The van der Waals surface area contributed by atoms with E-state index in [2.05, 4.69) is 10.3 Å². The molecule has 0 bridgehead atoms. The van der Waals surface area contributed by atoms with Gasteiger partial charge in [-0.05, 0) is 18.6 Å². The Bertz CT molecular complexity index is 562. The first-order valence-electron chi connectivity index (χ1n) is 5.61. The average Bonchev–Trinajstić information content (AvgIpc) is 3.05. The Balaban J connectivity index is 1.75. The van der Waals surface area contributed by atoms with E-state index in [-0.39, 0.29) is 18.2 Å². The van der Waals surface area contributed by atoms with Crippen molar-refractivity contribution in [2.24, 2.45) is 0 Å². The number of carboxylic acid groups (broad SMARTS) is 1. The van der Waals surface area contributed by atoms with Gasteiger partial charge in [-0.25, -0.2) is 9.78 Å². The van der Waals surface area contributed by atoms with E-state index in [0.717, 1.165) is 5.69 Å². The van der Waals surface area contributed by atoms with Crippen LogP contribution >= 0.6 is 11.3 Å². The average molecular weight is 280 g/mol.